The number of aromatic nitrogens is 1. The third-order valence-electron chi connectivity index (χ3n) is 2.32. The van der Waals surface area contributed by atoms with Gasteiger partial charge in [-0.15, -0.1) is 11.3 Å². The van der Waals surface area contributed by atoms with Crippen molar-refractivity contribution in [1.29, 1.82) is 0 Å². The zero-order valence-electron chi connectivity index (χ0n) is 10.0. The molecule has 0 unspecified atom stereocenters. The van der Waals surface area contributed by atoms with E-state index in [1.807, 2.05) is 0 Å². The lowest BCUT2D eigenvalue weighted by atomic mass is 10.2. The van der Waals surface area contributed by atoms with Crippen LogP contribution in [0.4, 0.5) is 10.8 Å². The summed E-state index contributed by atoms with van der Waals surface area (Å²) in [5.74, 6) is -0.956. The number of benzene rings is 1. The topological polar surface area (TPSA) is 94.3 Å². The Morgan fingerprint density at radius 2 is 2.00 bits per heavy atom. The second kappa shape index (κ2) is 5.49. The Morgan fingerprint density at radius 3 is 2.58 bits per heavy atom. The van der Waals surface area contributed by atoms with E-state index in [4.69, 9.17) is 5.73 Å². The quantitative estimate of drug-likeness (QED) is 0.830. The van der Waals surface area contributed by atoms with Crippen LogP contribution in [0.1, 0.15) is 20.8 Å². The SMILES string of the molecule is COC(=O)c1csc(Nc2ccc(C(N)=O)cc2)n1. The molecule has 0 bridgehead atoms. The third kappa shape index (κ3) is 3.08. The minimum Gasteiger partial charge on any atom is -0.464 e. The molecular weight excluding hydrogens is 266 g/mol. The van der Waals surface area contributed by atoms with Crippen LogP contribution in [-0.2, 0) is 4.74 Å². The number of thiazole rings is 1. The second-order valence-electron chi connectivity index (χ2n) is 3.60. The highest BCUT2D eigenvalue weighted by Crippen LogP contribution is 2.21. The average Bonchev–Trinajstić information content (AvgIpc) is 2.87. The van der Waals surface area contributed by atoms with Gasteiger partial charge in [-0.1, -0.05) is 0 Å². The lowest BCUT2D eigenvalue weighted by molar-refractivity contribution is 0.0595. The van der Waals surface area contributed by atoms with E-state index >= 15 is 0 Å². The molecule has 1 aromatic heterocycles. The maximum absolute atomic E-state index is 11.2. The molecule has 0 saturated heterocycles. The maximum atomic E-state index is 11.2. The largest absolute Gasteiger partial charge is 0.464 e. The zero-order chi connectivity index (χ0) is 13.8. The van der Waals surface area contributed by atoms with E-state index in [0.29, 0.717) is 10.7 Å². The molecule has 2 rings (SSSR count). The van der Waals surface area contributed by atoms with Gasteiger partial charge in [0.25, 0.3) is 0 Å². The van der Waals surface area contributed by atoms with Gasteiger partial charge in [-0.05, 0) is 24.3 Å². The fourth-order valence-corrected chi connectivity index (χ4v) is 2.07. The van der Waals surface area contributed by atoms with Crippen molar-refractivity contribution in [2.75, 3.05) is 12.4 Å². The highest BCUT2D eigenvalue weighted by atomic mass is 32.1. The van der Waals surface area contributed by atoms with Gasteiger partial charge < -0.3 is 15.8 Å². The van der Waals surface area contributed by atoms with Crippen molar-refractivity contribution in [3.8, 4) is 0 Å². The molecule has 0 atom stereocenters. The van der Waals surface area contributed by atoms with Gasteiger partial charge in [0, 0.05) is 16.6 Å². The number of hydrogen-bond donors (Lipinski definition) is 2. The number of nitrogens with zero attached hydrogens (tertiary/aromatic N) is 1. The number of anilines is 2. The smallest absolute Gasteiger partial charge is 0.357 e. The molecule has 0 radical (unpaired) electrons. The monoisotopic (exact) mass is 277 g/mol. The molecule has 0 aliphatic carbocycles. The van der Waals surface area contributed by atoms with E-state index in [1.165, 1.54) is 18.4 Å². The van der Waals surface area contributed by atoms with E-state index in [2.05, 4.69) is 15.0 Å². The number of carbonyl (C=O) groups is 2. The number of ether oxygens (including phenoxy) is 1. The van der Waals surface area contributed by atoms with Crippen LogP contribution in [0.25, 0.3) is 0 Å². The molecule has 7 heteroatoms. The summed E-state index contributed by atoms with van der Waals surface area (Å²) in [6.45, 7) is 0. The van der Waals surface area contributed by atoms with Crippen LogP contribution in [-0.4, -0.2) is 24.0 Å². The molecule has 2 aromatic rings. The van der Waals surface area contributed by atoms with Crippen molar-refractivity contribution >= 4 is 34.0 Å². The first-order valence-electron chi connectivity index (χ1n) is 5.31. The van der Waals surface area contributed by atoms with Gasteiger partial charge in [0.1, 0.15) is 0 Å². The van der Waals surface area contributed by atoms with Crippen LogP contribution in [0.5, 0.6) is 0 Å². The molecule has 1 aromatic carbocycles. The van der Waals surface area contributed by atoms with Gasteiger partial charge in [0.05, 0.1) is 7.11 Å². The van der Waals surface area contributed by atoms with E-state index in [1.54, 1.807) is 29.6 Å². The first-order valence-corrected chi connectivity index (χ1v) is 6.19. The first kappa shape index (κ1) is 13.0. The van der Waals surface area contributed by atoms with E-state index in [0.717, 1.165) is 5.69 Å². The Hall–Kier alpha value is -2.41. The fraction of sp³-hybridized carbons (Fsp3) is 0.0833. The third-order valence-corrected chi connectivity index (χ3v) is 3.08. The predicted molar refractivity (Wildman–Crippen MR) is 71.7 cm³/mol. The molecule has 1 amide bonds. The number of hydrogen-bond acceptors (Lipinski definition) is 6. The van der Waals surface area contributed by atoms with Crippen LogP contribution in [0.15, 0.2) is 29.6 Å². The first-order chi connectivity index (χ1) is 9.10. The summed E-state index contributed by atoms with van der Waals surface area (Å²) in [7, 11) is 1.30. The standard InChI is InChI=1S/C12H11N3O3S/c1-18-11(17)9-6-19-12(15-9)14-8-4-2-7(3-5-8)10(13)16/h2-6H,1H3,(H2,13,16)(H,14,15). The van der Waals surface area contributed by atoms with E-state index in [-0.39, 0.29) is 5.69 Å². The number of rotatable bonds is 4. The summed E-state index contributed by atoms with van der Waals surface area (Å²) < 4.78 is 4.57. The van der Waals surface area contributed by atoms with Gasteiger partial charge in [0.2, 0.25) is 5.91 Å². The molecule has 1 heterocycles. The van der Waals surface area contributed by atoms with Crippen molar-refractivity contribution in [3.63, 3.8) is 0 Å². The van der Waals surface area contributed by atoms with Crippen molar-refractivity contribution in [1.82, 2.24) is 4.98 Å². The van der Waals surface area contributed by atoms with Gasteiger partial charge in [-0.25, -0.2) is 9.78 Å². The molecular formula is C12H11N3O3S. The number of amides is 1. The van der Waals surface area contributed by atoms with Crippen LogP contribution < -0.4 is 11.1 Å². The fourth-order valence-electron chi connectivity index (χ4n) is 1.37. The molecule has 0 aliphatic heterocycles. The Morgan fingerprint density at radius 1 is 1.32 bits per heavy atom. The molecule has 3 N–H and O–H groups in total. The highest BCUT2D eigenvalue weighted by Gasteiger charge is 2.10. The van der Waals surface area contributed by atoms with Crippen molar-refractivity contribution < 1.29 is 14.3 Å². The summed E-state index contributed by atoms with van der Waals surface area (Å²) in [5.41, 5.74) is 6.58. The summed E-state index contributed by atoms with van der Waals surface area (Å²) in [6, 6.07) is 6.64. The Balaban J connectivity index is 2.10. The van der Waals surface area contributed by atoms with E-state index < -0.39 is 11.9 Å². The molecule has 6 nitrogen and oxygen atoms in total. The summed E-state index contributed by atoms with van der Waals surface area (Å²) in [4.78, 5) is 26.2. The number of esters is 1. The predicted octanol–water partition coefficient (Wildman–Crippen LogP) is 1.77. The normalized spacial score (nSPS) is 9.95. The van der Waals surface area contributed by atoms with Gasteiger partial charge in [0.15, 0.2) is 10.8 Å². The molecule has 0 aliphatic rings. The summed E-state index contributed by atoms with van der Waals surface area (Å²) in [5, 5.41) is 5.18. The zero-order valence-corrected chi connectivity index (χ0v) is 10.9. The van der Waals surface area contributed by atoms with Gasteiger partial charge in [-0.2, -0.15) is 0 Å². The number of nitrogens with two attached hydrogens (primary N) is 1. The molecule has 0 spiro atoms. The highest BCUT2D eigenvalue weighted by molar-refractivity contribution is 7.14. The van der Waals surface area contributed by atoms with Gasteiger partial charge >= 0.3 is 5.97 Å². The van der Waals surface area contributed by atoms with Gasteiger partial charge in [-0.3, -0.25) is 4.79 Å². The Kier molecular flexibility index (Phi) is 3.76. The van der Waals surface area contributed by atoms with Crippen molar-refractivity contribution in [3.05, 3.63) is 40.9 Å². The number of methoxy groups -OCH3 is 1. The van der Waals surface area contributed by atoms with Crippen LogP contribution in [0, 0.1) is 0 Å². The Labute approximate surface area is 113 Å². The Bertz CT molecular complexity index is 607. The minimum absolute atomic E-state index is 0.253. The van der Waals surface area contributed by atoms with E-state index in [9.17, 15) is 9.59 Å². The molecule has 98 valence electrons. The lowest BCUT2D eigenvalue weighted by Gasteiger charge is -2.02. The second-order valence-corrected chi connectivity index (χ2v) is 4.45. The maximum Gasteiger partial charge on any atom is 0.357 e. The summed E-state index contributed by atoms with van der Waals surface area (Å²) in [6.07, 6.45) is 0. The van der Waals surface area contributed by atoms with Crippen LogP contribution in [0.3, 0.4) is 0 Å². The van der Waals surface area contributed by atoms with Crippen molar-refractivity contribution in [2.45, 2.75) is 0 Å². The van der Waals surface area contributed by atoms with Crippen LogP contribution in [0.2, 0.25) is 0 Å². The van der Waals surface area contributed by atoms with Crippen molar-refractivity contribution in [2.24, 2.45) is 5.73 Å². The number of carbonyl (C=O) groups excluding carboxylic acids is 2. The molecule has 0 fully saturated rings. The number of nitrogens with one attached hydrogen (secondary N) is 1. The minimum atomic E-state index is -0.478. The summed E-state index contributed by atoms with van der Waals surface area (Å²) >= 11 is 1.28. The lowest BCUT2D eigenvalue weighted by Crippen LogP contribution is -2.10. The molecule has 19 heavy (non-hydrogen) atoms. The number of primary amides is 1. The van der Waals surface area contributed by atoms with Crippen LogP contribution >= 0.6 is 11.3 Å². The molecule has 0 saturated carbocycles. The average molecular weight is 277 g/mol.